The smallest absolute Gasteiger partial charge is 0.400 e. The molecule has 1 fully saturated rings. The topological polar surface area (TPSA) is 40.5 Å². The van der Waals surface area contributed by atoms with Gasteiger partial charge in [0.25, 0.3) is 0 Å². The Kier molecular flexibility index (Phi) is 5.08. The van der Waals surface area contributed by atoms with Crippen molar-refractivity contribution in [3.8, 4) is 0 Å². The lowest BCUT2D eigenvalue weighted by molar-refractivity contribution is -0.184. The first-order valence-electron chi connectivity index (χ1n) is 8.16. The number of halogens is 5. The molecule has 2 aromatic carbocycles. The molecule has 0 radical (unpaired) electrons. The number of carbonyl (C=O) groups is 1. The lowest BCUT2D eigenvalue weighted by Crippen LogP contribution is -2.44. The van der Waals surface area contributed by atoms with E-state index in [2.05, 4.69) is 0 Å². The zero-order valence-electron chi connectivity index (χ0n) is 14.3. The molecule has 0 spiro atoms. The number of hydrogen-bond acceptors (Lipinski definition) is 2. The van der Waals surface area contributed by atoms with Gasteiger partial charge < -0.3 is 10.0 Å². The van der Waals surface area contributed by atoms with Gasteiger partial charge in [-0.25, -0.2) is 4.79 Å². The van der Waals surface area contributed by atoms with E-state index in [0.717, 1.165) is 0 Å². The number of alkyl halides is 3. The first-order valence-corrected chi connectivity index (χ1v) is 8.91. The first-order chi connectivity index (χ1) is 12.5. The summed E-state index contributed by atoms with van der Waals surface area (Å²) in [6.07, 6.45) is -4.64. The van der Waals surface area contributed by atoms with Crippen molar-refractivity contribution in [3.05, 3.63) is 63.1 Å². The molecule has 1 aliphatic heterocycles. The quantitative estimate of drug-likeness (QED) is 0.694. The Labute approximate surface area is 164 Å². The van der Waals surface area contributed by atoms with E-state index in [4.69, 9.17) is 28.3 Å². The van der Waals surface area contributed by atoms with Crippen LogP contribution >= 0.6 is 23.2 Å². The standard InChI is InChI=1S/C19H16Cl2F3NO2/c1-11-6-15(2-3-16(11)17(26)27)25-5-4-18(10-25,19(22,23)24)12-7-13(20)9-14(21)8-12/h2-3,6-9H,4-5,10H2,1H3,(H,26,27). The molecule has 0 aromatic heterocycles. The highest BCUT2D eigenvalue weighted by Crippen LogP contribution is 2.49. The number of benzene rings is 2. The average molecular weight is 418 g/mol. The van der Waals surface area contributed by atoms with Gasteiger partial charge in [0.15, 0.2) is 0 Å². The number of aromatic carboxylic acids is 1. The number of carboxylic acid groups (broad SMARTS) is 1. The third-order valence-corrected chi connectivity index (χ3v) is 5.47. The van der Waals surface area contributed by atoms with Gasteiger partial charge in [0.2, 0.25) is 0 Å². The van der Waals surface area contributed by atoms with Crippen molar-refractivity contribution in [1.82, 2.24) is 0 Å². The molecule has 3 nitrogen and oxygen atoms in total. The number of aryl methyl sites for hydroxylation is 1. The zero-order valence-corrected chi connectivity index (χ0v) is 15.8. The van der Waals surface area contributed by atoms with E-state index in [9.17, 15) is 18.0 Å². The van der Waals surface area contributed by atoms with Gasteiger partial charge in [-0.3, -0.25) is 0 Å². The van der Waals surface area contributed by atoms with Crippen molar-refractivity contribution in [2.45, 2.75) is 24.9 Å². The Morgan fingerprint density at radius 1 is 1.15 bits per heavy atom. The minimum atomic E-state index is -4.49. The van der Waals surface area contributed by atoms with Crippen molar-refractivity contribution in [1.29, 1.82) is 0 Å². The van der Waals surface area contributed by atoms with Gasteiger partial charge in [0.1, 0.15) is 5.41 Å². The molecule has 1 N–H and O–H groups in total. The van der Waals surface area contributed by atoms with Crippen LogP contribution in [0.1, 0.15) is 27.9 Å². The molecule has 3 rings (SSSR count). The molecule has 0 amide bonds. The van der Waals surface area contributed by atoms with Crippen molar-refractivity contribution in [3.63, 3.8) is 0 Å². The van der Waals surface area contributed by atoms with E-state index in [1.54, 1.807) is 17.9 Å². The third-order valence-electron chi connectivity index (χ3n) is 5.03. The van der Waals surface area contributed by atoms with Crippen LogP contribution in [-0.4, -0.2) is 30.3 Å². The van der Waals surface area contributed by atoms with E-state index < -0.39 is 17.6 Å². The molecule has 0 aliphatic carbocycles. The van der Waals surface area contributed by atoms with Gasteiger partial charge in [-0.2, -0.15) is 13.2 Å². The van der Waals surface area contributed by atoms with E-state index in [1.165, 1.54) is 30.3 Å². The van der Waals surface area contributed by atoms with Crippen LogP contribution in [0, 0.1) is 6.92 Å². The fourth-order valence-corrected chi connectivity index (χ4v) is 4.10. The summed E-state index contributed by atoms with van der Waals surface area (Å²) in [6.45, 7) is 1.51. The zero-order chi connectivity index (χ0) is 20.0. The Balaban J connectivity index is 2.01. The number of carboxylic acids is 1. The predicted molar refractivity (Wildman–Crippen MR) is 99.2 cm³/mol. The molecule has 0 saturated carbocycles. The van der Waals surface area contributed by atoms with Crippen LogP contribution in [0.25, 0.3) is 0 Å². The van der Waals surface area contributed by atoms with E-state index in [-0.39, 0.29) is 40.7 Å². The van der Waals surface area contributed by atoms with Gasteiger partial charge in [0.05, 0.1) is 5.56 Å². The minimum absolute atomic E-state index is 0.0360. The SMILES string of the molecule is Cc1cc(N2CCC(c3cc(Cl)cc(Cl)c3)(C(F)(F)F)C2)ccc1C(=O)O. The molecular weight excluding hydrogens is 402 g/mol. The predicted octanol–water partition coefficient (Wildman–Crippen LogP) is 5.71. The van der Waals surface area contributed by atoms with Crippen LogP contribution in [0.4, 0.5) is 18.9 Å². The summed E-state index contributed by atoms with van der Waals surface area (Å²) in [6, 6.07) is 8.56. The van der Waals surface area contributed by atoms with Gasteiger partial charge in [0, 0.05) is 28.8 Å². The molecule has 27 heavy (non-hydrogen) atoms. The van der Waals surface area contributed by atoms with Gasteiger partial charge in [-0.05, 0) is 60.9 Å². The molecular formula is C19H16Cl2F3NO2. The Hall–Kier alpha value is -1.92. The summed E-state index contributed by atoms with van der Waals surface area (Å²) >= 11 is 11.9. The highest BCUT2D eigenvalue weighted by atomic mass is 35.5. The average Bonchev–Trinajstić information content (AvgIpc) is 3.00. The first kappa shape index (κ1) is 19.8. The summed E-state index contributed by atoms with van der Waals surface area (Å²) in [4.78, 5) is 12.8. The van der Waals surface area contributed by atoms with Gasteiger partial charge >= 0.3 is 12.1 Å². The second kappa shape index (κ2) is 6.91. The van der Waals surface area contributed by atoms with Gasteiger partial charge in [-0.1, -0.05) is 23.2 Å². The summed E-state index contributed by atoms with van der Waals surface area (Å²) in [7, 11) is 0. The number of hydrogen-bond donors (Lipinski definition) is 1. The molecule has 2 aromatic rings. The second-order valence-corrected chi connectivity index (χ2v) is 7.59. The van der Waals surface area contributed by atoms with Crippen LogP contribution in [-0.2, 0) is 5.41 Å². The van der Waals surface area contributed by atoms with Crippen molar-refractivity contribution < 1.29 is 23.1 Å². The lowest BCUT2D eigenvalue weighted by atomic mass is 9.79. The normalized spacial score (nSPS) is 20.1. The highest BCUT2D eigenvalue weighted by molar-refractivity contribution is 6.34. The molecule has 1 saturated heterocycles. The van der Waals surface area contributed by atoms with Crippen LogP contribution in [0.3, 0.4) is 0 Å². The maximum Gasteiger partial charge on any atom is 0.400 e. The maximum atomic E-state index is 14.1. The highest BCUT2D eigenvalue weighted by Gasteiger charge is 2.59. The molecule has 0 bridgehead atoms. The molecule has 1 aliphatic rings. The van der Waals surface area contributed by atoms with E-state index in [0.29, 0.717) is 11.3 Å². The summed E-state index contributed by atoms with van der Waals surface area (Å²) in [5.41, 5.74) is -0.886. The van der Waals surface area contributed by atoms with Crippen molar-refractivity contribution >= 4 is 34.9 Å². The number of rotatable bonds is 3. The van der Waals surface area contributed by atoms with E-state index in [1.807, 2.05) is 0 Å². The Morgan fingerprint density at radius 3 is 2.30 bits per heavy atom. The van der Waals surface area contributed by atoms with Gasteiger partial charge in [-0.15, -0.1) is 0 Å². The van der Waals surface area contributed by atoms with Crippen LogP contribution in [0.2, 0.25) is 10.0 Å². The molecule has 1 heterocycles. The van der Waals surface area contributed by atoms with Crippen molar-refractivity contribution in [2.75, 3.05) is 18.0 Å². The molecule has 144 valence electrons. The monoisotopic (exact) mass is 417 g/mol. The fraction of sp³-hybridized carbons (Fsp3) is 0.316. The summed E-state index contributed by atoms with van der Waals surface area (Å²) in [5, 5.41) is 9.43. The Bertz CT molecular complexity index is 881. The van der Waals surface area contributed by atoms with E-state index >= 15 is 0 Å². The van der Waals surface area contributed by atoms with Crippen LogP contribution in [0.15, 0.2) is 36.4 Å². The van der Waals surface area contributed by atoms with Crippen molar-refractivity contribution in [2.24, 2.45) is 0 Å². The largest absolute Gasteiger partial charge is 0.478 e. The molecule has 1 unspecified atom stereocenters. The van der Waals surface area contributed by atoms with Crippen LogP contribution in [0.5, 0.6) is 0 Å². The number of nitrogens with zero attached hydrogens (tertiary/aromatic N) is 1. The Morgan fingerprint density at radius 2 is 1.78 bits per heavy atom. The number of anilines is 1. The third kappa shape index (κ3) is 3.60. The van der Waals surface area contributed by atoms with Crippen LogP contribution < -0.4 is 4.90 Å². The second-order valence-electron chi connectivity index (χ2n) is 6.71. The fourth-order valence-electron chi connectivity index (χ4n) is 3.58. The molecule has 8 heteroatoms. The molecule has 1 atom stereocenters. The maximum absolute atomic E-state index is 14.1. The summed E-state index contributed by atoms with van der Waals surface area (Å²) < 4.78 is 42.3. The summed E-state index contributed by atoms with van der Waals surface area (Å²) in [5.74, 6) is -1.07. The lowest BCUT2D eigenvalue weighted by Gasteiger charge is -2.33. The minimum Gasteiger partial charge on any atom is -0.478 e.